The van der Waals surface area contributed by atoms with Gasteiger partial charge in [0.15, 0.2) is 5.78 Å². The zero-order chi connectivity index (χ0) is 14.7. The van der Waals surface area contributed by atoms with E-state index in [9.17, 15) is 13.2 Å². The molecule has 0 bridgehead atoms. The number of hydrogen-bond acceptors (Lipinski definition) is 5. The molecule has 0 saturated heterocycles. The second-order valence-electron chi connectivity index (χ2n) is 4.57. The van der Waals surface area contributed by atoms with Gasteiger partial charge in [-0.05, 0) is 26.0 Å². The average molecular weight is 287 g/mol. The number of aliphatic hydroxyl groups is 2. The van der Waals surface area contributed by atoms with Crippen LogP contribution in [-0.2, 0) is 10.0 Å². The first kappa shape index (κ1) is 15.8. The van der Waals surface area contributed by atoms with Gasteiger partial charge in [0.05, 0.1) is 23.6 Å². The summed E-state index contributed by atoms with van der Waals surface area (Å²) in [4.78, 5) is 11.1. The second kappa shape index (κ2) is 5.79. The van der Waals surface area contributed by atoms with Crippen molar-refractivity contribution in [3.05, 3.63) is 29.8 Å². The van der Waals surface area contributed by atoms with Gasteiger partial charge in [-0.3, -0.25) is 4.79 Å². The highest BCUT2D eigenvalue weighted by atomic mass is 32.2. The molecule has 0 heterocycles. The lowest BCUT2D eigenvalue weighted by molar-refractivity contribution is 0.101. The molecule has 0 fully saturated rings. The third kappa shape index (κ3) is 3.84. The van der Waals surface area contributed by atoms with E-state index < -0.39 is 28.8 Å². The van der Waals surface area contributed by atoms with Crippen LogP contribution in [0.3, 0.4) is 0 Å². The Hall–Kier alpha value is -1.28. The summed E-state index contributed by atoms with van der Waals surface area (Å²) in [5, 5.41) is 18.2. The van der Waals surface area contributed by atoms with Crippen molar-refractivity contribution >= 4 is 15.8 Å². The summed E-state index contributed by atoms with van der Waals surface area (Å²) in [6, 6.07) is 5.56. The molecule has 0 radical (unpaired) electrons. The van der Waals surface area contributed by atoms with Crippen LogP contribution in [0.2, 0.25) is 0 Å². The standard InChI is InChI=1S/C12H17NO5S/c1-9(16)10-4-3-5-11(6-10)19(17,18)13-12(2,7-14)8-15/h3-6,13-15H,7-8H2,1-2H3. The van der Waals surface area contributed by atoms with Crippen LogP contribution < -0.4 is 4.72 Å². The van der Waals surface area contributed by atoms with Crippen molar-refractivity contribution in [3.63, 3.8) is 0 Å². The molecule has 106 valence electrons. The number of aliphatic hydroxyl groups excluding tert-OH is 2. The van der Waals surface area contributed by atoms with Gasteiger partial charge in [0, 0.05) is 5.56 Å². The zero-order valence-corrected chi connectivity index (χ0v) is 11.6. The molecule has 0 aliphatic carbocycles. The molecule has 0 saturated carbocycles. The first-order valence-electron chi connectivity index (χ1n) is 5.61. The van der Waals surface area contributed by atoms with Gasteiger partial charge in [0.1, 0.15) is 0 Å². The summed E-state index contributed by atoms with van der Waals surface area (Å²) in [5.74, 6) is -0.246. The molecule has 7 heteroatoms. The molecule has 0 spiro atoms. The van der Waals surface area contributed by atoms with E-state index in [2.05, 4.69) is 4.72 Å². The summed E-state index contributed by atoms with van der Waals surface area (Å²) in [7, 11) is -3.92. The van der Waals surface area contributed by atoms with Gasteiger partial charge in [-0.15, -0.1) is 0 Å². The SMILES string of the molecule is CC(=O)c1cccc(S(=O)(=O)NC(C)(CO)CO)c1. The lowest BCUT2D eigenvalue weighted by Gasteiger charge is -2.25. The fraction of sp³-hybridized carbons (Fsp3) is 0.417. The van der Waals surface area contributed by atoms with Crippen molar-refractivity contribution in [2.45, 2.75) is 24.3 Å². The molecule has 0 amide bonds. The van der Waals surface area contributed by atoms with Gasteiger partial charge in [0.25, 0.3) is 0 Å². The number of carbonyl (C=O) groups excluding carboxylic acids is 1. The van der Waals surface area contributed by atoms with Gasteiger partial charge in [-0.1, -0.05) is 12.1 Å². The fourth-order valence-corrected chi connectivity index (χ4v) is 2.82. The maximum atomic E-state index is 12.1. The Morgan fingerprint density at radius 3 is 2.37 bits per heavy atom. The van der Waals surface area contributed by atoms with Crippen LogP contribution in [0.5, 0.6) is 0 Å². The summed E-state index contributed by atoms with van der Waals surface area (Å²) in [6.07, 6.45) is 0. The number of ketones is 1. The molecule has 0 aliphatic rings. The van der Waals surface area contributed by atoms with E-state index in [0.29, 0.717) is 0 Å². The van der Waals surface area contributed by atoms with E-state index in [4.69, 9.17) is 10.2 Å². The monoisotopic (exact) mass is 287 g/mol. The number of sulfonamides is 1. The van der Waals surface area contributed by atoms with E-state index in [-0.39, 0.29) is 16.2 Å². The summed E-state index contributed by atoms with van der Waals surface area (Å²) in [6.45, 7) is 1.62. The molecule has 0 atom stereocenters. The van der Waals surface area contributed by atoms with E-state index >= 15 is 0 Å². The molecule has 3 N–H and O–H groups in total. The predicted octanol–water partition coefficient (Wildman–Crippen LogP) is -0.0892. The molecule has 6 nitrogen and oxygen atoms in total. The topological polar surface area (TPSA) is 104 Å². The van der Waals surface area contributed by atoms with Crippen LogP contribution in [0.4, 0.5) is 0 Å². The van der Waals surface area contributed by atoms with Gasteiger partial charge in [0.2, 0.25) is 10.0 Å². The Bertz CT molecular complexity index is 563. The smallest absolute Gasteiger partial charge is 0.241 e. The van der Waals surface area contributed by atoms with Crippen molar-refractivity contribution in [1.29, 1.82) is 0 Å². The van der Waals surface area contributed by atoms with Crippen LogP contribution in [0.15, 0.2) is 29.2 Å². The van der Waals surface area contributed by atoms with Gasteiger partial charge in [-0.2, -0.15) is 0 Å². The van der Waals surface area contributed by atoms with Crippen molar-refractivity contribution in [3.8, 4) is 0 Å². The molecular weight excluding hydrogens is 270 g/mol. The number of hydrogen-bond donors (Lipinski definition) is 3. The van der Waals surface area contributed by atoms with E-state index in [1.165, 1.54) is 38.1 Å². The van der Waals surface area contributed by atoms with Crippen LogP contribution in [0.1, 0.15) is 24.2 Å². The quantitative estimate of drug-likeness (QED) is 0.634. The Morgan fingerprint density at radius 2 is 1.89 bits per heavy atom. The van der Waals surface area contributed by atoms with Crippen molar-refractivity contribution < 1.29 is 23.4 Å². The summed E-state index contributed by atoms with van der Waals surface area (Å²) < 4.78 is 26.4. The van der Waals surface area contributed by atoms with Gasteiger partial charge >= 0.3 is 0 Å². The van der Waals surface area contributed by atoms with Crippen molar-refractivity contribution in [1.82, 2.24) is 4.72 Å². The minimum absolute atomic E-state index is 0.0895. The lowest BCUT2D eigenvalue weighted by Crippen LogP contribution is -2.51. The fourth-order valence-electron chi connectivity index (χ4n) is 1.38. The highest BCUT2D eigenvalue weighted by Crippen LogP contribution is 2.15. The third-order valence-corrected chi connectivity index (χ3v) is 4.27. The molecule has 1 rings (SSSR count). The second-order valence-corrected chi connectivity index (χ2v) is 6.25. The van der Waals surface area contributed by atoms with Crippen LogP contribution >= 0.6 is 0 Å². The number of Topliss-reactive ketones (excluding diaryl/α,β-unsaturated/α-hetero) is 1. The van der Waals surface area contributed by atoms with Gasteiger partial charge < -0.3 is 10.2 Å². The maximum absolute atomic E-state index is 12.1. The molecule has 0 aliphatic heterocycles. The predicted molar refractivity (Wildman–Crippen MR) is 69.3 cm³/mol. The van der Waals surface area contributed by atoms with Crippen LogP contribution in [0, 0.1) is 0 Å². The zero-order valence-electron chi connectivity index (χ0n) is 10.8. The summed E-state index contributed by atoms with van der Waals surface area (Å²) in [5.41, 5.74) is -1.08. The summed E-state index contributed by atoms with van der Waals surface area (Å²) >= 11 is 0. The number of carbonyl (C=O) groups is 1. The van der Waals surface area contributed by atoms with Gasteiger partial charge in [-0.25, -0.2) is 13.1 Å². The first-order valence-corrected chi connectivity index (χ1v) is 7.09. The third-order valence-electron chi connectivity index (χ3n) is 2.63. The minimum Gasteiger partial charge on any atom is -0.394 e. The van der Waals surface area contributed by atoms with Crippen molar-refractivity contribution in [2.75, 3.05) is 13.2 Å². The molecule has 1 aromatic carbocycles. The molecule has 0 aromatic heterocycles. The minimum atomic E-state index is -3.92. The van der Waals surface area contributed by atoms with Crippen molar-refractivity contribution in [2.24, 2.45) is 0 Å². The Labute approximate surface area is 112 Å². The Balaban J connectivity index is 3.14. The molecule has 1 aromatic rings. The number of nitrogens with one attached hydrogen (secondary N) is 1. The maximum Gasteiger partial charge on any atom is 0.241 e. The number of benzene rings is 1. The average Bonchev–Trinajstić information content (AvgIpc) is 2.38. The molecule has 0 unspecified atom stereocenters. The first-order chi connectivity index (χ1) is 8.74. The van der Waals surface area contributed by atoms with E-state index in [0.717, 1.165) is 0 Å². The highest BCUT2D eigenvalue weighted by molar-refractivity contribution is 7.89. The van der Waals surface area contributed by atoms with E-state index in [1.807, 2.05) is 0 Å². The molecular formula is C12H17NO5S. The Morgan fingerprint density at radius 1 is 1.32 bits per heavy atom. The van der Waals surface area contributed by atoms with E-state index in [1.54, 1.807) is 0 Å². The molecule has 19 heavy (non-hydrogen) atoms. The van der Waals surface area contributed by atoms with Crippen LogP contribution in [-0.4, -0.2) is 43.2 Å². The van der Waals surface area contributed by atoms with Crippen LogP contribution in [0.25, 0.3) is 0 Å². The Kier molecular flexibility index (Phi) is 4.81. The lowest BCUT2D eigenvalue weighted by atomic mass is 10.1. The highest BCUT2D eigenvalue weighted by Gasteiger charge is 2.29. The number of rotatable bonds is 6. The largest absolute Gasteiger partial charge is 0.394 e. The normalized spacial score (nSPS) is 12.4.